The first-order valence-corrected chi connectivity index (χ1v) is 5.41. The maximum Gasteiger partial charge on any atom is 0.0126 e. The maximum atomic E-state index is 3.53. The lowest BCUT2D eigenvalue weighted by molar-refractivity contribution is 0.199. The Balaban J connectivity index is 2.11. The van der Waals surface area contributed by atoms with Gasteiger partial charge in [-0.2, -0.15) is 0 Å². The molecule has 0 aromatic rings. The van der Waals surface area contributed by atoms with Gasteiger partial charge in [-0.1, -0.05) is 13.8 Å². The smallest absolute Gasteiger partial charge is 0.0126 e. The highest BCUT2D eigenvalue weighted by molar-refractivity contribution is 5.00. The Morgan fingerprint density at radius 1 is 1.17 bits per heavy atom. The average Bonchev–Trinajstić information content (AvgIpc) is 2.60. The van der Waals surface area contributed by atoms with E-state index < -0.39 is 0 Å². The highest BCUT2D eigenvalue weighted by Crippen LogP contribution is 2.50. The Morgan fingerprint density at radius 2 is 1.83 bits per heavy atom. The van der Waals surface area contributed by atoms with E-state index in [1.54, 1.807) is 0 Å². The van der Waals surface area contributed by atoms with Crippen LogP contribution in [0.3, 0.4) is 0 Å². The normalized spacial score (nSPS) is 46.0. The van der Waals surface area contributed by atoms with E-state index in [1.165, 1.54) is 19.3 Å². The number of hydrogen-bond acceptors (Lipinski definition) is 1. The molecule has 0 saturated heterocycles. The van der Waals surface area contributed by atoms with Gasteiger partial charge in [0.15, 0.2) is 0 Å². The van der Waals surface area contributed by atoms with Crippen molar-refractivity contribution in [1.29, 1.82) is 0 Å². The molecular weight excluding hydrogens is 146 g/mol. The minimum Gasteiger partial charge on any atom is -0.316 e. The number of nitrogens with one attached hydrogen (secondary N) is 1. The largest absolute Gasteiger partial charge is 0.316 e. The van der Waals surface area contributed by atoms with Crippen molar-refractivity contribution in [3.8, 4) is 0 Å². The fourth-order valence-corrected chi connectivity index (χ4v) is 3.72. The van der Waals surface area contributed by atoms with E-state index in [2.05, 4.69) is 26.2 Å². The summed E-state index contributed by atoms with van der Waals surface area (Å²) in [5.41, 5.74) is 0. The van der Waals surface area contributed by atoms with Crippen LogP contribution < -0.4 is 5.32 Å². The number of hydrogen-bond donors (Lipinski definition) is 1. The van der Waals surface area contributed by atoms with Gasteiger partial charge in [-0.25, -0.2) is 0 Å². The quantitative estimate of drug-likeness (QED) is 0.665. The lowest BCUT2D eigenvalue weighted by atomic mass is 9.78. The van der Waals surface area contributed by atoms with E-state index in [4.69, 9.17) is 0 Å². The summed E-state index contributed by atoms with van der Waals surface area (Å²) in [6, 6.07) is 0.837. The van der Waals surface area contributed by atoms with Crippen LogP contribution in [0, 0.1) is 23.7 Å². The monoisotopic (exact) mass is 167 g/mol. The molecule has 2 fully saturated rings. The van der Waals surface area contributed by atoms with Crippen molar-refractivity contribution in [3.63, 3.8) is 0 Å². The SMILES string of the molecule is CN[C@H]1[C@H]2CC[C@H](C2)[C@@H]1C(C)C. The molecule has 2 aliphatic carbocycles. The molecular formula is C11H21N. The molecule has 1 heteroatoms. The standard InChI is InChI=1S/C11H21N/c1-7(2)10-8-4-5-9(6-8)11(10)12-3/h7-12H,4-6H2,1-3H3/t8-,9+,10+,11+/m1/s1. The van der Waals surface area contributed by atoms with Crippen LogP contribution in [0.5, 0.6) is 0 Å². The first-order chi connectivity index (χ1) is 5.74. The fraction of sp³-hybridized carbons (Fsp3) is 1.00. The van der Waals surface area contributed by atoms with Gasteiger partial charge >= 0.3 is 0 Å². The summed E-state index contributed by atoms with van der Waals surface area (Å²) in [7, 11) is 2.14. The van der Waals surface area contributed by atoms with Gasteiger partial charge in [0, 0.05) is 6.04 Å². The summed E-state index contributed by atoms with van der Waals surface area (Å²) in [6.45, 7) is 4.77. The van der Waals surface area contributed by atoms with Gasteiger partial charge in [0.25, 0.3) is 0 Å². The van der Waals surface area contributed by atoms with Gasteiger partial charge in [-0.05, 0) is 50.0 Å². The first-order valence-electron chi connectivity index (χ1n) is 5.41. The Kier molecular flexibility index (Phi) is 2.16. The first kappa shape index (κ1) is 8.55. The van der Waals surface area contributed by atoms with E-state index in [0.29, 0.717) is 0 Å². The molecule has 0 amide bonds. The second kappa shape index (κ2) is 3.02. The van der Waals surface area contributed by atoms with Gasteiger partial charge in [0.1, 0.15) is 0 Å². The van der Waals surface area contributed by atoms with E-state index in [1.807, 2.05) is 0 Å². The third-order valence-corrected chi connectivity index (χ3v) is 4.08. The van der Waals surface area contributed by atoms with Crippen molar-refractivity contribution in [3.05, 3.63) is 0 Å². The Morgan fingerprint density at radius 3 is 2.33 bits per heavy atom. The van der Waals surface area contributed by atoms with Crippen LogP contribution in [0.15, 0.2) is 0 Å². The molecule has 2 bridgehead atoms. The lowest BCUT2D eigenvalue weighted by Crippen LogP contribution is -2.40. The molecule has 0 radical (unpaired) electrons. The Labute approximate surface area is 75.9 Å². The zero-order valence-electron chi connectivity index (χ0n) is 8.51. The van der Waals surface area contributed by atoms with E-state index in [9.17, 15) is 0 Å². The zero-order valence-corrected chi connectivity index (χ0v) is 8.51. The van der Waals surface area contributed by atoms with Crippen LogP contribution in [0.1, 0.15) is 33.1 Å². The lowest BCUT2D eigenvalue weighted by Gasteiger charge is -2.33. The molecule has 1 N–H and O–H groups in total. The molecule has 70 valence electrons. The summed E-state index contributed by atoms with van der Waals surface area (Å²) >= 11 is 0. The van der Waals surface area contributed by atoms with Crippen LogP contribution >= 0.6 is 0 Å². The second-order valence-corrected chi connectivity index (χ2v) is 4.97. The van der Waals surface area contributed by atoms with Crippen LogP contribution in [0.4, 0.5) is 0 Å². The predicted octanol–water partition coefficient (Wildman–Crippen LogP) is 2.28. The van der Waals surface area contributed by atoms with Gasteiger partial charge in [-0.3, -0.25) is 0 Å². The van der Waals surface area contributed by atoms with Crippen molar-refractivity contribution in [2.75, 3.05) is 7.05 Å². The van der Waals surface area contributed by atoms with Gasteiger partial charge in [0.2, 0.25) is 0 Å². The molecule has 2 aliphatic rings. The summed E-state index contributed by atoms with van der Waals surface area (Å²) in [4.78, 5) is 0. The van der Waals surface area contributed by atoms with E-state index in [-0.39, 0.29) is 0 Å². The molecule has 1 nitrogen and oxygen atoms in total. The minimum atomic E-state index is 0.837. The number of fused-ring (bicyclic) bond motifs is 2. The molecule has 2 rings (SSSR count). The van der Waals surface area contributed by atoms with Gasteiger partial charge in [0.05, 0.1) is 0 Å². The molecule has 0 unspecified atom stereocenters. The van der Waals surface area contributed by atoms with E-state index >= 15 is 0 Å². The van der Waals surface area contributed by atoms with Crippen molar-refractivity contribution in [2.24, 2.45) is 23.7 Å². The van der Waals surface area contributed by atoms with Crippen molar-refractivity contribution in [2.45, 2.75) is 39.2 Å². The summed E-state index contributed by atoms with van der Waals surface area (Å²) < 4.78 is 0. The molecule has 0 aromatic heterocycles. The second-order valence-electron chi connectivity index (χ2n) is 4.97. The molecule has 2 saturated carbocycles. The highest BCUT2D eigenvalue weighted by Gasteiger charge is 2.47. The minimum absolute atomic E-state index is 0.837. The third-order valence-electron chi connectivity index (χ3n) is 4.08. The molecule has 0 aliphatic heterocycles. The van der Waals surface area contributed by atoms with Gasteiger partial charge < -0.3 is 5.32 Å². The zero-order chi connectivity index (χ0) is 8.72. The van der Waals surface area contributed by atoms with Gasteiger partial charge in [-0.15, -0.1) is 0 Å². The van der Waals surface area contributed by atoms with Crippen LogP contribution in [0.25, 0.3) is 0 Å². The topological polar surface area (TPSA) is 12.0 Å². The molecule has 4 atom stereocenters. The molecule has 12 heavy (non-hydrogen) atoms. The van der Waals surface area contributed by atoms with Crippen molar-refractivity contribution in [1.82, 2.24) is 5.32 Å². The molecule has 0 spiro atoms. The predicted molar refractivity (Wildman–Crippen MR) is 52.0 cm³/mol. The van der Waals surface area contributed by atoms with Crippen LogP contribution in [0.2, 0.25) is 0 Å². The summed E-state index contributed by atoms with van der Waals surface area (Å²) in [5, 5.41) is 3.53. The Hall–Kier alpha value is -0.0400. The van der Waals surface area contributed by atoms with Crippen molar-refractivity contribution < 1.29 is 0 Å². The number of rotatable bonds is 2. The highest BCUT2D eigenvalue weighted by atomic mass is 14.9. The van der Waals surface area contributed by atoms with Crippen molar-refractivity contribution >= 4 is 0 Å². The molecule has 0 aromatic carbocycles. The average molecular weight is 167 g/mol. The summed E-state index contributed by atoms with van der Waals surface area (Å²) in [6.07, 6.45) is 4.50. The fourth-order valence-electron chi connectivity index (χ4n) is 3.72. The Bertz CT molecular complexity index is 164. The maximum absolute atomic E-state index is 3.53. The third kappa shape index (κ3) is 1.10. The van der Waals surface area contributed by atoms with E-state index in [0.717, 1.165) is 29.7 Å². The molecule has 0 heterocycles. The van der Waals surface area contributed by atoms with Crippen LogP contribution in [-0.4, -0.2) is 13.1 Å². The van der Waals surface area contributed by atoms with Crippen LogP contribution in [-0.2, 0) is 0 Å². The summed E-state index contributed by atoms with van der Waals surface area (Å²) in [5.74, 6) is 3.89.